The van der Waals surface area contributed by atoms with Gasteiger partial charge in [-0.05, 0) is 30.5 Å². The first-order valence-electron chi connectivity index (χ1n) is 8.71. The van der Waals surface area contributed by atoms with Gasteiger partial charge in [0.1, 0.15) is 0 Å². The lowest BCUT2D eigenvalue weighted by Gasteiger charge is -2.28. The van der Waals surface area contributed by atoms with Crippen molar-refractivity contribution < 1.29 is 9.84 Å². The summed E-state index contributed by atoms with van der Waals surface area (Å²) in [7, 11) is 0. The molecule has 0 bridgehead atoms. The van der Waals surface area contributed by atoms with E-state index in [0.29, 0.717) is 18.9 Å². The maximum atomic E-state index is 10.2. The zero-order valence-corrected chi connectivity index (χ0v) is 14.3. The van der Waals surface area contributed by atoms with E-state index in [-0.39, 0.29) is 5.75 Å². The van der Waals surface area contributed by atoms with Gasteiger partial charge in [-0.2, -0.15) is 0 Å². The van der Waals surface area contributed by atoms with Crippen LogP contribution in [0.2, 0.25) is 0 Å². The second kappa shape index (κ2) is 8.18. The molecular formula is C20H26N2O2. The molecule has 0 atom stereocenters. The third-order valence-corrected chi connectivity index (χ3v) is 4.51. The van der Waals surface area contributed by atoms with Gasteiger partial charge in [-0.15, -0.1) is 0 Å². The summed E-state index contributed by atoms with van der Waals surface area (Å²) >= 11 is 0. The van der Waals surface area contributed by atoms with Crippen molar-refractivity contribution in [1.29, 1.82) is 0 Å². The van der Waals surface area contributed by atoms with Crippen molar-refractivity contribution in [1.82, 2.24) is 10.2 Å². The second-order valence-corrected chi connectivity index (χ2v) is 6.17. The Morgan fingerprint density at radius 1 is 1.12 bits per heavy atom. The Bertz CT molecular complexity index is 672. The van der Waals surface area contributed by atoms with Crippen LogP contribution in [0.5, 0.6) is 11.5 Å². The zero-order chi connectivity index (χ0) is 16.8. The Labute approximate surface area is 144 Å². The van der Waals surface area contributed by atoms with E-state index in [2.05, 4.69) is 34.5 Å². The maximum absolute atomic E-state index is 10.2. The summed E-state index contributed by atoms with van der Waals surface area (Å²) in [5.41, 5.74) is 3.81. The van der Waals surface area contributed by atoms with Crippen LogP contribution in [0.4, 0.5) is 0 Å². The predicted octanol–water partition coefficient (Wildman–Crippen LogP) is 2.94. The van der Waals surface area contributed by atoms with Crippen molar-refractivity contribution in [2.75, 3.05) is 26.2 Å². The lowest BCUT2D eigenvalue weighted by atomic mass is 10.00. The average molecular weight is 326 g/mol. The van der Waals surface area contributed by atoms with E-state index in [4.69, 9.17) is 4.74 Å². The smallest absolute Gasteiger partial charge is 0.162 e. The molecule has 2 aromatic carbocycles. The molecule has 2 N–H and O–H groups in total. The van der Waals surface area contributed by atoms with Crippen molar-refractivity contribution in [2.24, 2.45) is 0 Å². The molecule has 1 aliphatic heterocycles. The molecule has 0 amide bonds. The number of nitrogens with one attached hydrogen (secondary N) is 1. The predicted molar refractivity (Wildman–Crippen MR) is 96.4 cm³/mol. The Morgan fingerprint density at radius 3 is 2.79 bits per heavy atom. The third-order valence-electron chi connectivity index (χ3n) is 4.51. The number of para-hydroxylation sites is 1. The first kappa shape index (κ1) is 16.8. The highest BCUT2D eigenvalue weighted by Gasteiger charge is 2.15. The summed E-state index contributed by atoms with van der Waals surface area (Å²) in [6.45, 7) is 7.19. The quantitative estimate of drug-likeness (QED) is 0.768. The van der Waals surface area contributed by atoms with E-state index in [0.717, 1.165) is 38.2 Å². The second-order valence-electron chi connectivity index (χ2n) is 6.17. The number of ether oxygens (including phenoxy) is 1. The van der Waals surface area contributed by atoms with Gasteiger partial charge in [-0.1, -0.05) is 36.4 Å². The molecule has 3 rings (SSSR count). The summed E-state index contributed by atoms with van der Waals surface area (Å²) < 4.78 is 5.43. The Hall–Kier alpha value is -2.04. The third kappa shape index (κ3) is 4.08. The van der Waals surface area contributed by atoms with E-state index >= 15 is 0 Å². The maximum Gasteiger partial charge on any atom is 0.162 e. The minimum atomic E-state index is 0.249. The molecule has 0 aromatic heterocycles. The number of fused-ring (bicyclic) bond motifs is 1. The first-order valence-corrected chi connectivity index (χ1v) is 8.71. The fraction of sp³-hybridized carbons (Fsp3) is 0.400. The van der Waals surface area contributed by atoms with Crippen LogP contribution in [-0.4, -0.2) is 36.2 Å². The molecule has 0 spiro atoms. The summed E-state index contributed by atoms with van der Waals surface area (Å²) in [5, 5.41) is 13.6. The summed E-state index contributed by atoms with van der Waals surface area (Å²) in [4.78, 5) is 2.48. The van der Waals surface area contributed by atoms with E-state index < -0.39 is 0 Å². The van der Waals surface area contributed by atoms with Crippen LogP contribution in [0.3, 0.4) is 0 Å². The molecule has 0 unspecified atom stereocenters. The fourth-order valence-corrected chi connectivity index (χ4v) is 3.19. The average Bonchev–Trinajstić information content (AvgIpc) is 2.61. The van der Waals surface area contributed by atoms with Gasteiger partial charge in [0.2, 0.25) is 0 Å². The number of nitrogens with zero attached hydrogens (tertiary/aromatic N) is 1. The van der Waals surface area contributed by atoms with Crippen LogP contribution in [0.1, 0.15) is 23.6 Å². The minimum absolute atomic E-state index is 0.249. The van der Waals surface area contributed by atoms with E-state index in [1.54, 1.807) is 6.07 Å². The van der Waals surface area contributed by atoms with Gasteiger partial charge in [0.15, 0.2) is 11.5 Å². The van der Waals surface area contributed by atoms with Crippen LogP contribution >= 0.6 is 0 Å². The highest BCUT2D eigenvalue weighted by molar-refractivity contribution is 5.45. The number of phenolic OH excluding ortho intramolecular Hbond substituents is 1. The monoisotopic (exact) mass is 326 g/mol. The summed E-state index contributed by atoms with van der Waals surface area (Å²) in [6.07, 6.45) is 1.13. The van der Waals surface area contributed by atoms with Crippen molar-refractivity contribution in [3.63, 3.8) is 0 Å². The molecule has 0 saturated heterocycles. The molecule has 0 radical (unpaired) electrons. The number of hydrogen-bond acceptors (Lipinski definition) is 4. The molecule has 1 aliphatic rings. The molecular weight excluding hydrogens is 300 g/mol. The van der Waals surface area contributed by atoms with E-state index in [1.807, 2.05) is 19.1 Å². The van der Waals surface area contributed by atoms with Crippen molar-refractivity contribution in [2.45, 2.75) is 26.4 Å². The van der Waals surface area contributed by atoms with Crippen LogP contribution < -0.4 is 10.1 Å². The number of rotatable bonds is 7. The molecule has 2 aromatic rings. The Morgan fingerprint density at radius 2 is 1.96 bits per heavy atom. The zero-order valence-electron chi connectivity index (χ0n) is 14.3. The van der Waals surface area contributed by atoms with Crippen LogP contribution in [-0.2, 0) is 19.5 Å². The van der Waals surface area contributed by atoms with E-state index in [1.165, 1.54) is 11.1 Å². The number of phenols is 1. The van der Waals surface area contributed by atoms with E-state index in [9.17, 15) is 5.11 Å². The highest BCUT2D eigenvalue weighted by atomic mass is 16.5. The Kier molecular flexibility index (Phi) is 5.72. The number of aromatic hydroxyl groups is 1. The Balaban J connectivity index is 1.46. The van der Waals surface area contributed by atoms with Gasteiger partial charge in [0.05, 0.1) is 6.61 Å². The summed E-state index contributed by atoms with van der Waals surface area (Å²) in [6, 6.07) is 14.4. The molecule has 0 saturated carbocycles. The minimum Gasteiger partial charge on any atom is -0.504 e. The standard InChI is InChI=1S/C20H26N2O2/c1-2-24-19-9-5-8-17(20(19)23)14-21-11-13-22-12-10-16-6-3-4-7-18(16)15-22/h3-9,21,23H,2,10-15H2,1H3. The van der Waals surface area contributed by atoms with Gasteiger partial charge in [-0.3, -0.25) is 4.90 Å². The molecule has 4 heteroatoms. The van der Waals surface area contributed by atoms with Gasteiger partial charge < -0.3 is 15.2 Å². The van der Waals surface area contributed by atoms with Crippen LogP contribution in [0.25, 0.3) is 0 Å². The molecule has 4 nitrogen and oxygen atoms in total. The lowest BCUT2D eigenvalue weighted by Crippen LogP contribution is -2.35. The normalized spacial score (nSPS) is 14.4. The molecule has 0 fully saturated rings. The van der Waals surface area contributed by atoms with Crippen molar-refractivity contribution in [3.8, 4) is 11.5 Å². The lowest BCUT2D eigenvalue weighted by molar-refractivity contribution is 0.253. The number of hydrogen-bond donors (Lipinski definition) is 2. The van der Waals surface area contributed by atoms with Crippen LogP contribution in [0.15, 0.2) is 42.5 Å². The first-order chi connectivity index (χ1) is 11.8. The molecule has 24 heavy (non-hydrogen) atoms. The van der Waals surface area contributed by atoms with Gasteiger partial charge >= 0.3 is 0 Å². The number of benzene rings is 2. The SMILES string of the molecule is CCOc1cccc(CNCCN2CCc3ccccc3C2)c1O. The molecule has 1 heterocycles. The van der Waals surface area contributed by atoms with Gasteiger partial charge in [0, 0.05) is 38.3 Å². The molecule has 0 aliphatic carbocycles. The van der Waals surface area contributed by atoms with Crippen molar-refractivity contribution >= 4 is 0 Å². The topological polar surface area (TPSA) is 44.7 Å². The largest absolute Gasteiger partial charge is 0.504 e. The van der Waals surface area contributed by atoms with Crippen molar-refractivity contribution in [3.05, 3.63) is 59.2 Å². The highest BCUT2D eigenvalue weighted by Crippen LogP contribution is 2.29. The summed E-state index contributed by atoms with van der Waals surface area (Å²) in [5.74, 6) is 0.809. The fourth-order valence-electron chi connectivity index (χ4n) is 3.19. The van der Waals surface area contributed by atoms with Gasteiger partial charge in [0.25, 0.3) is 0 Å². The van der Waals surface area contributed by atoms with Gasteiger partial charge in [-0.25, -0.2) is 0 Å². The molecule has 128 valence electrons. The van der Waals surface area contributed by atoms with Crippen LogP contribution in [0, 0.1) is 0 Å².